The van der Waals surface area contributed by atoms with Crippen molar-refractivity contribution >= 4 is 11.4 Å². The molecule has 0 aromatic heterocycles. The predicted octanol–water partition coefficient (Wildman–Crippen LogP) is -4.57. The predicted molar refractivity (Wildman–Crippen MR) is 15.8 cm³/mol. The molecular formula is H2KMnO7S. The Balaban J connectivity index is -0.0000000910. The van der Waals surface area contributed by atoms with Crippen molar-refractivity contribution in [1.29, 1.82) is 0 Å². The van der Waals surface area contributed by atoms with Gasteiger partial charge >= 0.3 is 80.0 Å². The Kier molecular flexibility index (Phi) is 15.3. The minimum atomic E-state index is -5.38. The second-order valence-corrected chi connectivity index (χ2v) is 2.28. The summed E-state index contributed by atoms with van der Waals surface area (Å²) in [6.07, 6.45) is 0. The molecule has 10 heavy (non-hydrogen) atoms. The number of hydrogen-bond donors (Lipinski definition) is 2. The van der Waals surface area contributed by atoms with Gasteiger partial charge in [0.1, 0.15) is 0 Å². The van der Waals surface area contributed by atoms with Gasteiger partial charge in [-0.2, -0.15) is 0 Å². The van der Waals surface area contributed by atoms with E-state index in [0.717, 1.165) is 0 Å². The van der Waals surface area contributed by atoms with Gasteiger partial charge in [0.2, 0.25) is 0 Å². The molecule has 0 aromatic rings. The zero-order chi connectivity index (χ0) is 8.08. The van der Waals surface area contributed by atoms with Gasteiger partial charge in [-0.05, 0) is 0 Å². The molecule has 0 aromatic carbocycles. The fourth-order valence-electron chi connectivity index (χ4n) is 0. The molecule has 1 unspecified atom stereocenters. The van der Waals surface area contributed by atoms with Crippen LogP contribution in [0.25, 0.3) is 0 Å². The van der Waals surface area contributed by atoms with Crippen LogP contribution in [0.2, 0.25) is 0 Å². The van der Waals surface area contributed by atoms with Gasteiger partial charge in [-0.1, -0.05) is 0 Å². The second kappa shape index (κ2) is 8.68. The summed E-state index contributed by atoms with van der Waals surface area (Å²) in [7, 11) is 0. The molecule has 0 radical (unpaired) electrons. The molecule has 0 aliphatic heterocycles. The van der Waals surface area contributed by atoms with E-state index in [2.05, 4.69) is 0 Å². The van der Waals surface area contributed by atoms with E-state index in [9.17, 15) is 0 Å². The Labute approximate surface area is 103 Å². The van der Waals surface area contributed by atoms with E-state index in [1.165, 1.54) is 0 Å². The Morgan fingerprint density at radius 2 is 1.30 bits per heavy atom. The Hall–Kier alpha value is 1.59. The van der Waals surface area contributed by atoms with Crippen molar-refractivity contribution in [2.45, 2.75) is 0 Å². The van der Waals surface area contributed by atoms with Crippen molar-refractivity contribution in [3.63, 3.8) is 0 Å². The quantitative estimate of drug-likeness (QED) is 0.321. The van der Waals surface area contributed by atoms with Crippen molar-refractivity contribution < 1.29 is 93.4 Å². The zero-order valence-corrected chi connectivity index (χ0v) is 9.84. The zero-order valence-electron chi connectivity index (χ0n) is 4.72. The Morgan fingerprint density at radius 3 is 1.30 bits per heavy atom. The number of hydrogen-bond acceptors (Lipinski definition) is 5. The van der Waals surface area contributed by atoms with Gasteiger partial charge in [0, 0.05) is 0 Å². The minimum absolute atomic E-state index is 0. The molecule has 10 heteroatoms. The van der Waals surface area contributed by atoms with Gasteiger partial charge in [0.05, 0.1) is 11.4 Å². The van der Waals surface area contributed by atoms with Crippen LogP contribution in [0.15, 0.2) is 0 Å². The van der Waals surface area contributed by atoms with E-state index < -0.39 is 24.3 Å². The average molecular weight is 240 g/mol. The van der Waals surface area contributed by atoms with Gasteiger partial charge in [0.25, 0.3) is 0 Å². The summed E-state index contributed by atoms with van der Waals surface area (Å²) in [4.78, 5) is 0. The molecule has 0 heterocycles. The first-order valence-electron chi connectivity index (χ1n) is 1.15. The fraction of sp³-hybridized carbons (Fsp3) is 0. The van der Waals surface area contributed by atoms with Crippen LogP contribution >= 0.6 is 0 Å². The van der Waals surface area contributed by atoms with Gasteiger partial charge in [-0.3, -0.25) is 0 Å². The van der Waals surface area contributed by atoms with E-state index in [-0.39, 0.29) is 51.4 Å². The molecule has 0 aliphatic rings. The van der Waals surface area contributed by atoms with Crippen molar-refractivity contribution in [3.8, 4) is 0 Å². The van der Waals surface area contributed by atoms with Crippen LogP contribution in [0, 0.1) is 0 Å². The average Bonchev–Trinajstić information content (AvgIpc) is 1.19. The molecule has 58 valence electrons. The van der Waals surface area contributed by atoms with Crippen LogP contribution < -0.4 is 51.4 Å². The normalized spacial score (nSPS) is 11.9. The third-order valence-electron chi connectivity index (χ3n) is 0. The van der Waals surface area contributed by atoms with Crippen LogP contribution in [0.3, 0.4) is 0 Å². The second-order valence-electron chi connectivity index (χ2n) is 0.613. The third kappa shape index (κ3) is 281. The monoisotopic (exact) mass is 240 g/mol. The number of rotatable bonds is 0. The summed E-state index contributed by atoms with van der Waals surface area (Å²) in [5, 5.41) is 0. The molecule has 0 spiro atoms. The molecule has 0 saturated carbocycles. The van der Waals surface area contributed by atoms with Crippen LogP contribution in [0.1, 0.15) is 0 Å². The summed E-state index contributed by atoms with van der Waals surface area (Å²) in [6.45, 7) is 0. The van der Waals surface area contributed by atoms with Crippen molar-refractivity contribution in [1.82, 2.24) is 0 Å². The standard InChI is InChI=1S/K.Mn.H2O3S.H2O.3O/c;;1-4(2)3;;;;/h;;(H2,1,2,3);1H2;;;/q2*+1;;;;;/p-2. The summed E-state index contributed by atoms with van der Waals surface area (Å²) in [6, 6.07) is 0. The maximum atomic E-state index is 8.69. The first-order valence-corrected chi connectivity index (χ1v) is 4.15. The molecule has 7 nitrogen and oxygen atoms in total. The van der Waals surface area contributed by atoms with E-state index in [0.29, 0.717) is 0 Å². The molecule has 0 rings (SSSR count). The van der Waals surface area contributed by atoms with Crippen molar-refractivity contribution in [2.75, 3.05) is 0 Å². The Morgan fingerprint density at radius 1 is 1.30 bits per heavy atom. The summed E-state index contributed by atoms with van der Waals surface area (Å²) in [5.41, 5.74) is 0. The van der Waals surface area contributed by atoms with Crippen LogP contribution in [-0.4, -0.2) is 17.5 Å². The van der Waals surface area contributed by atoms with Gasteiger partial charge in [-0.15, -0.1) is 0 Å². The van der Waals surface area contributed by atoms with E-state index in [1.54, 1.807) is 0 Å². The first kappa shape index (κ1) is 17.6. The SMILES string of the molecule is O=S([O-])O.[K+].[O]=[Mn](=[O])(=[O])[OH]. The molecular weight excluding hydrogens is 238 g/mol. The van der Waals surface area contributed by atoms with E-state index >= 15 is 0 Å². The molecule has 1 atom stereocenters. The van der Waals surface area contributed by atoms with E-state index in [1.807, 2.05) is 0 Å². The van der Waals surface area contributed by atoms with Crippen molar-refractivity contribution in [3.05, 3.63) is 0 Å². The molecule has 0 amide bonds. The summed E-state index contributed by atoms with van der Waals surface area (Å²) >= 11 is -8.24. The van der Waals surface area contributed by atoms with Crippen LogP contribution in [0.4, 0.5) is 0 Å². The van der Waals surface area contributed by atoms with Gasteiger partial charge in [0.15, 0.2) is 0 Å². The molecule has 0 saturated heterocycles. The van der Waals surface area contributed by atoms with Gasteiger partial charge < -0.3 is 9.11 Å². The molecule has 0 aliphatic carbocycles. The van der Waals surface area contributed by atoms with Crippen molar-refractivity contribution in [2.24, 2.45) is 0 Å². The molecule has 0 bridgehead atoms. The third-order valence-corrected chi connectivity index (χ3v) is 0. The summed E-state index contributed by atoms with van der Waals surface area (Å²) < 4.78 is 57.1. The summed E-state index contributed by atoms with van der Waals surface area (Å²) in [5.74, 6) is 0. The Bertz CT molecular complexity index is 199. The molecule has 2 N–H and O–H groups in total. The first-order chi connectivity index (χ1) is 3.73. The van der Waals surface area contributed by atoms with Crippen LogP contribution in [0.5, 0.6) is 0 Å². The maximum absolute atomic E-state index is 8.69. The van der Waals surface area contributed by atoms with Crippen LogP contribution in [-0.2, 0) is 35.8 Å². The molecule has 0 fully saturated rings. The topological polar surface area (TPSA) is 132 Å². The fourth-order valence-corrected chi connectivity index (χ4v) is 0. The van der Waals surface area contributed by atoms with Gasteiger partial charge in [-0.25, -0.2) is 4.21 Å². The van der Waals surface area contributed by atoms with E-state index in [4.69, 9.17) is 29.0 Å².